The van der Waals surface area contributed by atoms with Crippen molar-refractivity contribution in [3.05, 3.63) is 82.3 Å². The molecule has 0 amide bonds. The molecule has 0 spiro atoms. The van der Waals surface area contributed by atoms with E-state index in [9.17, 15) is 27.5 Å². The highest BCUT2D eigenvalue weighted by Crippen LogP contribution is 2.43. The van der Waals surface area contributed by atoms with E-state index in [-0.39, 0.29) is 16.8 Å². The average molecular weight is 531 g/mol. The van der Waals surface area contributed by atoms with Gasteiger partial charge in [0.05, 0.1) is 18.0 Å². The maximum atomic E-state index is 14.4. The lowest BCUT2D eigenvalue weighted by atomic mass is 9.86. The van der Waals surface area contributed by atoms with Crippen LogP contribution in [-0.2, 0) is 17.6 Å². The van der Waals surface area contributed by atoms with Crippen molar-refractivity contribution in [1.29, 1.82) is 0 Å². The predicted octanol–water partition coefficient (Wildman–Crippen LogP) is 6.13. The van der Waals surface area contributed by atoms with Crippen LogP contribution < -0.4 is 10.5 Å². The number of rotatable bonds is 7. The third kappa shape index (κ3) is 5.59. The molecule has 0 saturated carbocycles. The minimum atomic E-state index is -5.15. The normalized spacial score (nSPS) is 15.4. The number of pyridine rings is 1. The zero-order valence-corrected chi connectivity index (χ0v) is 21.5. The third-order valence-corrected chi connectivity index (χ3v) is 6.87. The van der Waals surface area contributed by atoms with Crippen LogP contribution in [0.4, 0.5) is 17.6 Å². The van der Waals surface area contributed by atoms with Crippen molar-refractivity contribution in [1.82, 2.24) is 4.98 Å². The first kappa shape index (κ1) is 27.7. The van der Waals surface area contributed by atoms with Crippen molar-refractivity contribution in [2.24, 2.45) is 5.73 Å². The molecule has 1 atom stereocenters. The van der Waals surface area contributed by atoms with Gasteiger partial charge in [-0.25, -0.2) is 9.37 Å². The number of carbonyl (C=O) groups excluding carboxylic acids is 1. The van der Waals surface area contributed by atoms with E-state index < -0.39 is 47.5 Å². The van der Waals surface area contributed by atoms with E-state index in [4.69, 9.17) is 10.5 Å². The summed E-state index contributed by atoms with van der Waals surface area (Å²) < 4.78 is 62.8. The Morgan fingerprint density at radius 2 is 1.84 bits per heavy atom. The van der Waals surface area contributed by atoms with Crippen molar-refractivity contribution >= 4 is 5.78 Å². The van der Waals surface area contributed by atoms with Crippen molar-refractivity contribution in [2.45, 2.75) is 63.8 Å². The zero-order chi connectivity index (χ0) is 27.9. The second-order valence-electron chi connectivity index (χ2n) is 10.4. The number of hydrogen-bond acceptors (Lipinski definition) is 5. The quantitative estimate of drug-likeness (QED) is 0.284. The van der Waals surface area contributed by atoms with Crippen LogP contribution in [-0.4, -0.2) is 28.7 Å². The Kier molecular flexibility index (Phi) is 7.38. The van der Waals surface area contributed by atoms with Gasteiger partial charge < -0.3 is 15.6 Å². The number of nitrogens with zero attached hydrogens (tertiary/aromatic N) is 1. The summed E-state index contributed by atoms with van der Waals surface area (Å²) in [5.41, 5.74) is 3.22. The van der Waals surface area contributed by atoms with Gasteiger partial charge in [-0.3, -0.25) is 4.79 Å². The number of ketones is 1. The minimum absolute atomic E-state index is 0.0972. The Hall–Kier alpha value is -3.30. The molecule has 0 radical (unpaired) electrons. The number of hydrogen-bond donors (Lipinski definition) is 2. The fraction of sp³-hybridized carbons (Fsp3) is 0.379. The maximum absolute atomic E-state index is 14.4. The summed E-state index contributed by atoms with van der Waals surface area (Å²) in [5.74, 6) is -0.483. The molecule has 202 valence electrons. The lowest BCUT2D eigenvalue weighted by Crippen LogP contribution is -2.44. The summed E-state index contributed by atoms with van der Waals surface area (Å²) >= 11 is 0. The van der Waals surface area contributed by atoms with Crippen LogP contribution in [0.25, 0.3) is 11.3 Å². The van der Waals surface area contributed by atoms with Crippen molar-refractivity contribution in [2.75, 3.05) is 6.61 Å². The first-order chi connectivity index (χ1) is 17.7. The molecule has 3 N–H and O–H groups in total. The minimum Gasteiger partial charge on any atom is -0.493 e. The number of nitrogens with two attached hydrogens (primary N) is 1. The van der Waals surface area contributed by atoms with Gasteiger partial charge in [-0.1, -0.05) is 12.1 Å². The highest BCUT2D eigenvalue weighted by atomic mass is 19.4. The monoisotopic (exact) mass is 530 g/mol. The van der Waals surface area contributed by atoms with Gasteiger partial charge in [0.25, 0.3) is 0 Å². The highest BCUT2D eigenvalue weighted by molar-refractivity contribution is 5.96. The van der Waals surface area contributed by atoms with Crippen molar-refractivity contribution in [3.63, 3.8) is 0 Å². The van der Waals surface area contributed by atoms with E-state index in [2.05, 4.69) is 4.98 Å². The summed E-state index contributed by atoms with van der Waals surface area (Å²) in [6.07, 6.45) is -5.03. The Balaban J connectivity index is 1.72. The van der Waals surface area contributed by atoms with E-state index in [1.807, 2.05) is 0 Å². The molecule has 1 unspecified atom stereocenters. The molecule has 9 heteroatoms. The fourth-order valence-electron chi connectivity index (χ4n) is 4.43. The standard InChI is InChI=1S/C29H30F4N2O3/c1-17-13-19(8-9-22(17)30)23-15-21(27(2,3)34)16-26(35-23)28(37,29(31,32)33)11-10-24(36)20-7-6-18-5-4-12-38-25(18)14-20/h6-9,13-16,37H,4-5,10-12,34H2,1-3H3. The van der Waals surface area contributed by atoms with Crippen LogP contribution >= 0.6 is 0 Å². The van der Waals surface area contributed by atoms with Gasteiger partial charge in [0.1, 0.15) is 11.6 Å². The highest BCUT2D eigenvalue weighted by Gasteiger charge is 2.56. The number of carbonyl (C=O) groups is 1. The Morgan fingerprint density at radius 1 is 1.11 bits per heavy atom. The topological polar surface area (TPSA) is 85.4 Å². The number of aryl methyl sites for hydroxylation is 2. The van der Waals surface area contributed by atoms with E-state index in [1.165, 1.54) is 37.3 Å². The number of aliphatic hydroxyl groups is 1. The number of aromatic nitrogens is 1. The first-order valence-corrected chi connectivity index (χ1v) is 12.4. The number of halogens is 4. The fourth-order valence-corrected chi connectivity index (χ4v) is 4.43. The maximum Gasteiger partial charge on any atom is 0.422 e. The first-order valence-electron chi connectivity index (χ1n) is 12.4. The van der Waals surface area contributed by atoms with E-state index in [0.717, 1.165) is 24.5 Å². The lowest BCUT2D eigenvalue weighted by Gasteiger charge is -2.32. The Morgan fingerprint density at radius 3 is 2.50 bits per heavy atom. The van der Waals surface area contributed by atoms with E-state index >= 15 is 0 Å². The van der Waals surface area contributed by atoms with Gasteiger partial charge in [0.15, 0.2) is 5.78 Å². The summed E-state index contributed by atoms with van der Waals surface area (Å²) in [6, 6.07) is 11.5. The van der Waals surface area contributed by atoms with E-state index in [1.54, 1.807) is 26.0 Å². The third-order valence-electron chi connectivity index (χ3n) is 6.87. The van der Waals surface area contributed by atoms with Crippen molar-refractivity contribution < 1.29 is 32.2 Å². The average Bonchev–Trinajstić information content (AvgIpc) is 2.86. The molecule has 2 heterocycles. The second-order valence-corrected chi connectivity index (χ2v) is 10.4. The molecule has 1 aliphatic heterocycles. The van der Waals surface area contributed by atoms with Crippen LogP contribution in [0.2, 0.25) is 0 Å². The van der Waals surface area contributed by atoms with Crippen LogP contribution in [0.3, 0.4) is 0 Å². The van der Waals surface area contributed by atoms with Gasteiger partial charge in [-0.05, 0) is 93.1 Å². The summed E-state index contributed by atoms with van der Waals surface area (Å²) in [7, 11) is 0. The SMILES string of the molecule is Cc1cc(-c2cc(C(C)(C)N)cc(C(O)(CCC(=O)c3ccc4c(c3)OCCC4)C(F)(F)F)n2)ccc1F. The summed E-state index contributed by atoms with van der Waals surface area (Å²) in [6.45, 7) is 5.26. The van der Waals surface area contributed by atoms with Crippen LogP contribution in [0, 0.1) is 12.7 Å². The molecule has 2 aromatic carbocycles. The Labute approximate surface area is 218 Å². The molecule has 0 fully saturated rings. The number of benzene rings is 2. The summed E-state index contributed by atoms with van der Waals surface area (Å²) in [4.78, 5) is 17.1. The molecule has 5 nitrogen and oxygen atoms in total. The molecule has 1 aromatic heterocycles. The van der Waals surface area contributed by atoms with Crippen molar-refractivity contribution in [3.8, 4) is 17.0 Å². The predicted molar refractivity (Wildman–Crippen MR) is 135 cm³/mol. The number of alkyl halides is 3. The number of fused-ring (bicyclic) bond motifs is 1. The van der Waals surface area contributed by atoms with Gasteiger partial charge in [-0.15, -0.1) is 0 Å². The summed E-state index contributed by atoms with van der Waals surface area (Å²) in [5, 5.41) is 11.1. The Bertz CT molecular complexity index is 1360. The zero-order valence-electron chi connectivity index (χ0n) is 21.5. The molecular formula is C29H30F4N2O3. The molecule has 4 rings (SSSR count). The molecule has 0 bridgehead atoms. The van der Waals surface area contributed by atoms with Gasteiger partial charge in [-0.2, -0.15) is 13.2 Å². The number of ether oxygens (including phenoxy) is 1. The molecule has 0 saturated heterocycles. The van der Waals surface area contributed by atoms with E-state index in [0.29, 0.717) is 23.5 Å². The molecular weight excluding hydrogens is 500 g/mol. The van der Waals surface area contributed by atoms with Gasteiger partial charge in [0.2, 0.25) is 5.60 Å². The van der Waals surface area contributed by atoms with Crippen LogP contribution in [0.15, 0.2) is 48.5 Å². The second kappa shape index (κ2) is 10.1. The van der Waals surface area contributed by atoms with Gasteiger partial charge >= 0.3 is 6.18 Å². The number of Topliss-reactive ketones (excluding diaryl/α,β-unsaturated/α-hetero) is 1. The molecule has 3 aromatic rings. The largest absolute Gasteiger partial charge is 0.493 e. The van der Waals surface area contributed by atoms with Crippen LogP contribution in [0.1, 0.15) is 65.9 Å². The molecule has 1 aliphatic rings. The molecule has 0 aliphatic carbocycles. The smallest absolute Gasteiger partial charge is 0.422 e. The molecule has 38 heavy (non-hydrogen) atoms. The van der Waals surface area contributed by atoms with Gasteiger partial charge in [0, 0.05) is 23.1 Å². The lowest BCUT2D eigenvalue weighted by molar-refractivity contribution is -0.270. The van der Waals surface area contributed by atoms with Crippen LogP contribution in [0.5, 0.6) is 5.75 Å².